The summed E-state index contributed by atoms with van der Waals surface area (Å²) in [6.07, 6.45) is 1.81. The van der Waals surface area contributed by atoms with Crippen LogP contribution in [0.3, 0.4) is 0 Å². The summed E-state index contributed by atoms with van der Waals surface area (Å²) in [5.41, 5.74) is 0.589. The topological polar surface area (TPSA) is 38.3 Å². The molecule has 0 fully saturated rings. The van der Waals surface area contributed by atoms with E-state index in [2.05, 4.69) is 19.2 Å². The van der Waals surface area contributed by atoms with Crippen molar-refractivity contribution in [3.8, 4) is 0 Å². The summed E-state index contributed by atoms with van der Waals surface area (Å²) >= 11 is 0. The zero-order valence-corrected chi connectivity index (χ0v) is 10.8. The van der Waals surface area contributed by atoms with E-state index in [-0.39, 0.29) is 12.2 Å². The molecular formula is C14H21NO2. The van der Waals surface area contributed by atoms with Gasteiger partial charge < -0.3 is 4.74 Å². The molecule has 0 amide bonds. The van der Waals surface area contributed by atoms with Gasteiger partial charge in [0.2, 0.25) is 0 Å². The highest BCUT2D eigenvalue weighted by molar-refractivity contribution is 5.89. The van der Waals surface area contributed by atoms with E-state index < -0.39 is 0 Å². The van der Waals surface area contributed by atoms with Crippen molar-refractivity contribution in [1.29, 1.82) is 0 Å². The lowest BCUT2D eigenvalue weighted by Gasteiger charge is -2.21. The first-order chi connectivity index (χ1) is 8.17. The predicted octanol–water partition coefficient (Wildman–Crippen LogP) is 2.97. The number of hydrogen-bond donors (Lipinski definition) is 1. The molecule has 1 N–H and O–H groups in total. The molecule has 1 atom stereocenters. The minimum atomic E-state index is -0.281. The monoisotopic (exact) mass is 235 g/mol. The van der Waals surface area contributed by atoms with E-state index in [0.29, 0.717) is 11.6 Å². The van der Waals surface area contributed by atoms with Crippen LogP contribution in [0.5, 0.6) is 0 Å². The molecule has 0 spiro atoms. The minimum Gasteiger partial charge on any atom is -0.443 e. The maximum Gasteiger partial charge on any atom is 0.339 e. The molecule has 0 saturated carbocycles. The number of esters is 1. The Hall–Kier alpha value is -1.35. The van der Waals surface area contributed by atoms with Crippen LogP contribution < -0.4 is 5.32 Å². The summed E-state index contributed by atoms with van der Waals surface area (Å²) in [5, 5.41) is 3.27. The summed E-state index contributed by atoms with van der Waals surface area (Å²) in [4.78, 5) is 11.8. The molecular weight excluding hydrogens is 214 g/mol. The van der Waals surface area contributed by atoms with Crippen molar-refractivity contribution in [1.82, 2.24) is 5.32 Å². The van der Waals surface area contributed by atoms with Gasteiger partial charge >= 0.3 is 5.97 Å². The molecule has 1 unspecified atom stereocenters. The summed E-state index contributed by atoms with van der Waals surface area (Å²) in [7, 11) is 0. The fourth-order valence-corrected chi connectivity index (χ4v) is 1.69. The molecule has 0 aliphatic rings. The van der Waals surface area contributed by atoms with Gasteiger partial charge in [0.15, 0.2) is 6.23 Å². The second-order valence-corrected chi connectivity index (χ2v) is 4.09. The number of carbonyl (C=O) groups excluding carboxylic acids is 1. The fourth-order valence-electron chi connectivity index (χ4n) is 1.69. The number of nitrogens with one attached hydrogen (secondary N) is 1. The molecule has 1 aromatic rings. The van der Waals surface area contributed by atoms with Crippen LogP contribution in [-0.4, -0.2) is 18.2 Å². The Balaban J connectivity index is 2.46. The quantitative estimate of drug-likeness (QED) is 0.608. The normalized spacial score (nSPS) is 12.5. The predicted molar refractivity (Wildman–Crippen MR) is 68.8 cm³/mol. The third kappa shape index (κ3) is 4.57. The number of ether oxygens (including phenoxy) is 1. The third-order valence-corrected chi connectivity index (χ3v) is 2.75. The van der Waals surface area contributed by atoms with Gasteiger partial charge in [0.05, 0.1) is 5.56 Å². The molecule has 0 saturated heterocycles. The van der Waals surface area contributed by atoms with E-state index in [1.54, 1.807) is 12.1 Å². The van der Waals surface area contributed by atoms with Gasteiger partial charge in [-0.15, -0.1) is 0 Å². The molecule has 1 aromatic carbocycles. The Bertz CT molecular complexity index is 333. The first-order valence-electron chi connectivity index (χ1n) is 6.19. The van der Waals surface area contributed by atoms with Gasteiger partial charge in [-0.25, -0.2) is 4.79 Å². The molecule has 0 aliphatic heterocycles. The van der Waals surface area contributed by atoms with Crippen molar-refractivity contribution >= 4 is 5.97 Å². The summed E-state index contributed by atoms with van der Waals surface area (Å²) in [6, 6.07) is 9.44. The van der Waals surface area contributed by atoms with Crippen molar-refractivity contribution in [2.24, 2.45) is 0 Å². The van der Waals surface area contributed by atoms with Crippen LogP contribution in [0.4, 0.5) is 0 Å². The van der Waals surface area contributed by atoms with Crippen molar-refractivity contribution < 1.29 is 9.53 Å². The SMILES string of the molecule is CCC(CC)NC(C)OC(=O)c1ccccc1. The summed E-state index contributed by atoms with van der Waals surface area (Å²) in [5.74, 6) is -0.281. The maximum atomic E-state index is 11.8. The molecule has 1 rings (SSSR count). The van der Waals surface area contributed by atoms with Crippen LogP contribution in [0.2, 0.25) is 0 Å². The van der Waals surface area contributed by atoms with Crippen molar-refractivity contribution in [2.75, 3.05) is 0 Å². The van der Waals surface area contributed by atoms with Crippen molar-refractivity contribution in [2.45, 2.75) is 45.9 Å². The van der Waals surface area contributed by atoms with Gasteiger partial charge in [0, 0.05) is 6.04 Å². The van der Waals surface area contributed by atoms with E-state index in [1.807, 2.05) is 25.1 Å². The van der Waals surface area contributed by atoms with Gasteiger partial charge in [0.25, 0.3) is 0 Å². The second-order valence-electron chi connectivity index (χ2n) is 4.09. The number of carbonyl (C=O) groups is 1. The largest absolute Gasteiger partial charge is 0.443 e. The van der Waals surface area contributed by atoms with Crippen molar-refractivity contribution in [3.05, 3.63) is 35.9 Å². The average molecular weight is 235 g/mol. The molecule has 0 aliphatic carbocycles. The van der Waals surface area contributed by atoms with E-state index in [4.69, 9.17) is 4.74 Å². The number of benzene rings is 1. The van der Waals surface area contributed by atoms with Crippen LogP contribution in [0.15, 0.2) is 30.3 Å². The Kier molecular flexibility index (Phi) is 5.70. The van der Waals surface area contributed by atoms with Gasteiger partial charge in [-0.3, -0.25) is 5.32 Å². The Morgan fingerprint density at radius 1 is 1.24 bits per heavy atom. The Morgan fingerprint density at radius 3 is 2.35 bits per heavy atom. The molecule has 0 aromatic heterocycles. The lowest BCUT2D eigenvalue weighted by atomic mass is 10.2. The van der Waals surface area contributed by atoms with Crippen LogP contribution in [-0.2, 0) is 4.74 Å². The van der Waals surface area contributed by atoms with Crippen LogP contribution >= 0.6 is 0 Å². The zero-order valence-electron chi connectivity index (χ0n) is 10.8. The third-order valence-electron chi connectivity index (χ3n) is 2.75. The summed E-state index contributed by atoms with van der Waals surface area (Å²) < 4.78 is 5.32. The van der Waals surface area contributed by atoms with E-state index in [1.165, 1.54) is 0 Å². The summed E-state index contributed by atoms with van der Waals surface area (Å²) in [6.45, 7) is 6.10. The highest BCUT2D eigenvalue weighted by atomic mass is 16.6. The highest BCUT2D eigenvalue weighted by Crippen LogP contribution is 2.04. The molecule has 17 heavy (non-hydrogen) atoms. The molecule has 3 nitrogen and oxygen atoms in total. The first-order valence-corrected chi connectivity index (χ1v) is 6.19. The smallest absolute Gasteiger partial charge is 0.339 e. The molecule has 3 heteroatoms. The Morgan fingerprint density at radius 2 is 1.82 bits per heavy atom. The first kappa shape index (κ1) is 13.7. The van der Waals surface area contributed by atoms with Crippen LogP contribution in [0, 0.1) is 0 Å². The number of hydrogen-bond acceptors (Lipinski definition) is 3. The van der Waals surface area contributed by atoms with E-state index in [0.717, 1.165) is 12.8 Å². The standard InChI is InChI=1S/C14H21NO2/c1-4-13(5-2)15-11(3)17-14(16)12-9-7-6-8-10-12/h6-11,13,15H,4-5H2,1-3H3. The molecule has 0 heterocycles. The van der Waals surface area contributed by atoms with Crippen LogP contribution in [0.1, 0.15) is 44.0 Å². The van der Waals surface area contributed by atoms with Gasteiger partial charge in [-0.05, 0) is 31.9 Å². The maximum absolute atomic E-state index is 11.8. The fraction of sp³-hybridized carbons (Fsp3) is 0.500. The lowest BCUT2D eigenvalue weighted by molar-refractivity contribution is 0.0232. The van der Waals surface area contributed by atoms with Gasteiger partial charge in [-0.2, -0.15) is 0 Å². The zero-order chi connectivity index (χ0) is 12.7. The number of rotatable bonds is 6. The Labute approximate surface area is 103 Å². The molecule has 0 bridgehead atoms. The van der Waals surface area contributed by atoms with E-state index in [9.17, 15) is 4.79 Å². The second kappa shape index (κ2) is 7.07. The molecule has 94 valence electrons. The minimum absolute atomic E-state index is 0.257. The van der Waals surface area contributed by atoms with E-state index >= 15 is 0 Å². The van der Waals surface area contributed by atoms with Gasteiger partial charge in [-0.1, -0.05) is 32.0 Å². The van der Waals surface area contributed by atoms with Crippen LogP contribution in [0.25, 0.3) is 0 Å². The molecule has 0 radical (unpaired) electrons. The highest BCUT2D eigenvalue weighted by Gasteiger charge is 2.13. The van der Waals surface area contributed by atoms with Crippen molar-refractivity contribution in [3.63, 3.8) is 0 Å². The lowest BCUT2D eigenvalue weighted by Crippen LogP contribution is -2.38. The van der Waals surface area contributed by atoms with Gasteiger partial charge in [0.1, 0.15) is 0 Å². The average Bonchev–Trinajstić information content (AvgIpc) is 2.37.